The average molecular weight is 476 g/mol. The van der Waals surface area contributed by atoms with Crippen LogP contribution in [0.5, 0.6) is 0 Å². The third kappa shape index (κ3) is 5.90. The van der Waals surface area contributed by atoms with Gasteiger partial charge in [0.15, 0.2) is 0 Å². The summed E-state index contributed by atoms with van der Waals surface area (Å²) >= 11 is 0. The van der Waals surface area contributed by atoms with Crippen LogP contribution in [0.2, 0.25) is 0 Å². The molecule has 3 heterocycles. The number of Topliss-reactive ketones (excluding diaryl/α,β-unsaturated/α-hetero) is 1. The molecule has 186 valence electrons. The first kappa shape index (κ1) is 25.3. The Morgan fingerprint density at radius 1 is 1.17 bits per heavy atom. The molecule has 2 bridgehead atoms. The third-order valence-electron chi connectivity index (χ3n) is 7.86. The molecule has 0 fully saturated rings. The number of carbonyl (C=O) groups is 2. The molecule has 0 saturated carbocycles. The van der Waals surface area contributed by atoms with Crippen molar-refractivity contribution in [1.29, 1.82) is 0 Å². The van der Waals surface area contributed by atoms with Crippen molar-refractivity contribution in [1.82, 2.24) is 4.98 Å². The predicted octanol–water partition coefficient (Wildman–Crippen LogP) is 6.27. The lowest BCUT2D eigenvalue weighted by molar-refractivity contribution is -0.150. The average Bonchev–Trinajstić information content (AvgIpc) is 2.86. The van der Waals surface area contributed by atoms with Gasteiger partial charge in [-0.3, -0.25) is 14.6 Å². The Bertz CT molecular complexity index is 1140. The second kappa shape index (κ2) is 10.9. The minimum absolute atomic E-state index is 0.0259. The monoisotopic (exact) mass is 475 g/mol. The predicted molar refractivity (Wildman–Crippen MR) is 138 cm³/mol. The largest absolute Gasteiger partial charge is 0.457 e. The highest BCUT2D eigenvalue weighted by Gasteiger charge is 2.41. The molecule has 0 saturated heterocycles. The standard InChI is InChI=1S/C30H37NO4/c1-20-7-4-8-23-9-5-16-30(3,29(34)21(2)28(23)33)17-15-27(32)35-26(14-11-20)24-13-12-22-10-6-18-31-25(22)19-24/h5-6,9-13,18-19,21,23,26,28,33H,4,7-8,14-17H2,1-3H3/b9-5+,20-11-/t21-,23-,26+,28-,30-/m1/s1. The van der Waals surface area contributed by atoms with Gasteiger partial charge in [0.2, 0.25) is 0 Å². The Morgan fingerprint density at radius 3 is 2.83 bits per heavy atom. The van der Waals surface area contributed by atoms with E-state index >= 15 is 0 Å². The van der Waals surface area contributed by atoms with Crippen LogP contribution in [0.1, 0.15) is 77.4 Å². The van der Waals surface area contributed by atoms with Crippen LogP contribution in [-0.2, 0) is 14.3 Å². The van der Waals surface area contributed by atoms with Gasteiger partial charge in [0, 0.05) is 41.7 Å². The van der Waals surface area contributed by atoms with Crippen LogP contribution in [0.15, 0.2) is 60.3 Å². The van der Waals surface area contributed by atoms with Gasteiger partial charge in [-0.1, -0.05) is 55.8 Å². The molecule has 2 aliphatic heterocycles. The lowest BCUT2D eigenvalue weighted by atomic mass is 9.69. The number of ketones is 1. The smallest absolute Gasteiger partial charge is 0.306 e. The number of esters is 1. The van der Waals surface area contributed by atoms with Crippen LogP contribution in [0.4, 0.5) is 0 Å². The van der Waals surface area contributed by atoms with Crippen LogP contribution >= 0.6 is 0 Å². The Kier molecular flexibility index (Phi) is 7.85. The van der Waals surface area contributed by atoms with Crippen molar-refractivity contribution in [3.8, 4) is 0 Å². The van der Waals surface area contributed by atoms with Gasteiger partial charge in [-0.15, -0.1) is 0 Å². The summed E-state index contributed by atoms with van der Waals surface area (Å²) in [6, 6.07) is 9.95. The van der Waals surface area contributed by atoms with E-state index in [9.17, 15) is 14.7 Å². The third-order valence-corrected chi connectivity index (χ3v) is 7.86. The van der Waals surface area contributed by atoms with E-state index < -0.39 is 23.5 Å². The number of aromatic nitrogens is 1. The van der Waals surface area contributed by atoms with E-state index in [1.165, 1.54) is 5.57 Å². The molecule has 0 unspecified atom stereocenters. The molecular weight excluding hydrogens is 438 g/mol. The van der Waals surface area contributed by atoms with Crippen molar-refractivity contribution in [2.45, 2.75) is 77.9 Å². The van der Waals surface area contributed by atoms with E-state index in [2.05, 4.69) is 24.1 Å². The van der Waals surface area contributed by atoms with Gasteiger partial charge in [0.25, 0.3) is 0 Å². The summed E-state index contributed by atoms with van der Waals surface area (Å²) in [7, 11) is 0. The summed E-state index contributed by atoms with van der Waals surface area (Å²) in [5, 5.41) is 12.0. The lowest BCUT2D eigenvalue weighted by Gasteiger charge is -2.36. The molecule has 1 aromatic carbocycles. The molecule has 5 atom stereocenters. The number of benzene rings is 1. The zero-order valence-electron chi connectivity index (χ0n) is 21.1. The molecule has 1 N–H and O–H groups in total. The number of ether oxygens (including phenoxy) is 1. The topological polar surface area (TPSA) is 76.5 Å². The maximum Gasteiger partial charge on any atom is 0.306 e. The highest BCUT2D eigenvalue weighted by molar-refractivity contribution is 5.88. The Morgan fingerprint density at radius 2 is 2.00 bits per heavy atom. The Labute approximate surface area is 208 Å². The van der Waals surface area contributed by atoms with E-state index in [1.807, 2.05) is 50.3 Å². The number of rotatable bonds is 1. The van der Waals surface area contributed by atoms with E-state index in [-0.39, 0.29) is 24.1 Å². The summed E-state index contributed by atoms with van der Waals surface area (Å²) in [5.41, 5.74) is 2.34. The summed E-state index contributed by atoms with van der Waals surface area (Å²) < 4.78 is 6.01. The zero-order chi connectivity index (χ0) is 25.0. The lowest BCUT2D eigenvalue weighted by Crippen LogP contribution is -2.41. The molecule has 5 nitrogen and oxygen atoms in total. The SMILES string of the molecule is C/C1=C/C[C@@H](c2ccc3cccnc3c2)OC(=O)CC[C@@]2(C)C/C=C/[C@@H](CCC1)[C@H](O)[C@@H](C)C2=O. The number of fused-ring (bicyclic) bond motifs is 13. The molecule has 5 rings (SSSR count). The number of allylic oxidation sites excluding steroid dienone is 2. The van der Waals surface area contributed by atoms with Crippen molar-refractivity contribution >= 4 is 22.7 Å². The minimum atomic E-state index is -0.701. The minimum Gasteiger partial charge on any atom is -0.457 e. The van der Waals surface area contributed by atoms with Crippen molar-refractivity contribution in [3.63, 3.8) is 0 Å². The highest BCUT2D eigenvalue weighted by atomic mass is 16.5. The summed E-state index contributed by atoms with van der Waals surface area (Å²) in [5.74, 6) is -0.761. The van der Waals surface area contributed by atoms with Gasteiger partial charge in [0.1, 0.15) is 11.9 Å². The van der Waals surface area contributed by atoms with Crippen molar-refractivity contribution in [2.75, 3.05) is 0 Å². The molecule has 1 aromatic heterocycles. The molecule has 2 aromatic rings. The zero-order valence-corrected chi connectivity index (χ0v) is 21.1. The van der Waals surface area contributed by atoms with Crippen LogP contribution in [0.25, 0.3) is 10.9 Å². The number of pyridine rings is 1. The van der Waals surface area contributed by atoms with Crippen LogP contribution in [0, 0.1) is 17.3 Å². The molecule has 0 amide bonds. The number of nitrogens with zero attached hydrogens (tertiary/aromatic N) is 1. The molecule has 5 heteroatoms. The second-order valence-electron chi connectivity index (χ2n) is 10.6. The van der Waals surface area contributed by atoms with E-state index in [1.54, 1.807) is 6.20 Å². The molecule has 0 spiro atoms. The summed E-state index contributed by atoms with van der Waals surface area (Å²) in [6.07, 6.45) is 11.3. The summed E-state index contributed by atoms with van der Waals surface area (Å²) in [4.78, 5) is 30.9. The number of hydrogen-bond acceptors (Lipinski definition) is 5. The fourth-order valence-electron chi connectivity index (χ4n) is 5.44. The van der Waals surface area contributed by atoms with E-state index in [4.69, 9.17) is 4.74 Å². The maximum atomic E-state index is 13.4. The van der Waals surface area contributed by atoms with Gasteiger partial charge < -0.3 is 9.84 Å². The molecule has 1 aliphatic carbocycles. The first-order valence-electron chi connectivity index (χ1n) is 12.9. The number of carbonyl (C=O) groups excluding carboxylic acids is 2. The fourth-order valence-corrected chi connectivity index (χ4v) is 5.44. The van der Waals surface area contributed by atoms with Gasteiger partial charge in [-0.05, 0) is 56.7 Å². The molecule has 35 heavy (non-hydrogen) atoms. The molecule has 0 radical (unpaired) electrons. The quantitative estimate of drug-likeness (QED) is 0.389. The van der Waals surface area contributed by atoms with Crippen LogP contribution < -0.4 is 0 Å². The van der Waals surface area contributed by atoms with Crippen LogP contribution in [0.3, 0.4) is 0 Å². The highest BCUT2D eigenvalue weighted by Crippen LogP contribution is 2.38. The van der Waals surface area contributed by atoms with Crippen molar-refractivity contribution in [2.24, 2.45) is 17.3 Å². The van der Waals surface area contributed by atoms with Crippen molar-refractivity contribution < 1.29 is 19.4 Å². The van der Waals surface area contributed by atoms with Gasteiger partial charge in [-0.2, -0.15) is 0 Å². The van der Waals surface area contributed by atoms with Gasteiger partial charge in [0.05, 0.1) is 11.6 Å². The first-order chi connectivity index (χ1) is 16.8. The maximum absolute atomic E-state index is 13.4. The number of aliphatic hydroxyl groups is 1. The molecular formula is C30H37NO4. The summed E-state index contributed by atoms with van der Waals surface area (Å²) in [6.45, 7) is 5.85. The van der Waals surface area contributed by atoms with Crippen LogP contribution in [-0.4, -0.2) is 27.9 Å². The number of aliphatic hydroxyl groups excluding tert-OH is 1. The fraction of sp³-hybridized carbons (Fsp3) is 0.500. The Balaban J connectivity index is 1.63. The van der Waals surface area contributed by atoms with Gasteiger partial charge in [-0.25, -0.2) is 0 Å². The van der Waals surface area contributed by atoms with E-state index in [0.717, 1.165) is 35.7 Å². The normalized spacial score (nSPS) is 33.5. The first-order valence-corrected chi connectivity index (χ1v) is 12.9. The van der Waals surface area contributed by atoms with Gasteiger partial charge >= 0.3 is 5.97 Å². The second-order valence-corrected chi connectivity index (χ2v) is 10.6. The number of hydrogen-bond donors (Lipinski definition) is 1. The Hall–Kier alpha value is -2.79. The van der Waals surface area contributed by atoms with E-state index in [0.29, 0.717) is 19.3 Å². The molecule has 3 aliphatic rings. The van der Waals surface area contributed by atoms with Crippen molar-refractivity contribution in [3.05, 3.63) is 65.9 Å².